The van der Waals surface area contributed by atoms with Crippen LogP contribution < -0.4 is 20.2 Å². The zero-order valence-electron chi connectivity index (χ0n) is 17.2. The minimum atomic E-state index is -0.450. The lowest BCUT2D eigenvalue weighted by atomic mass is 10.2. The lowest BCUT2D eigenvalue weighted by Crippen LogP contribution is -2.17. The van der Waals surface area contributed by atoms with Gasteiger partial charge in [0.15, 0.2) is 11.5 Å². The van der Waals surface area contributed by atoms with E-state index in [1.54, 1.807) is 42.5 Å². The third-order valence-electron chi connectivity index (χ3n) is 4.01. The molecule has 0 spiro atoms. The van der Waals surface area contributed by atoms with Gasteiger partial charge in [-0.15, -0.1) is 0 Å². The van der Waals surface area contributed by atoms with Gasteiger partial charge >= 0.3 is 5.97 Å². The van der Waals surface area contributed by atoms with Crippen molar-refractivity contribution < 1.29 is 23.9 Å². The quantitative estimate of drug-likeness (QED) is 0.284. The third-order valence-corrected chi connectivity index (χ3v) is 4.01. The molecule has 0 heterocycles. The fourth-order valence-electron chi connectivity index (χ4n) is 2.50. The molecule has 2 N–H and O–H groups in total. The Hall–Kier alpha value is -3.68. The summed E-state index contributed by atoms with van der Waals surface area (Å²) in [4.78, 5) is 35.0. The number of amides is 2. The minimum absolute atomic E-state index is 0.0474. The molecular formula is C22H25N3O5. The van der Waals surface area contributed by atoms with Crippen LogP contribution in [0.1, 0.15) is 49.0 Å². The van der Waals surface area contributed by atoms with Gasteiger partial charge in [-0.05, 0) is 54.4 Å². The normalized spacial score (nSPS) is 10.5. The predicted molar refractivity (Wildman–Crippen MR) is 114 cm³/mol. The van der Waals surface area contributed by atoms with Gasteiger partial charge in [0.2, 0.25) is 5.91 Å². The maximum Gasteiger partial charge on any atom is 0.308 e. The van der Waals surface area contributed by atoms with Gasteiger partial charge in [0.25, 0.3) is 5.91 Å². The van der Waals surface area contributed by atoms with Gasteiger partial charge in [-0.1, -0.05) is 13.3 Å². The summed E-state index contributed by atoms with van der Waals surface area (Å²) >= 11 is 0. The fourth-order valence-corrected chi connectivity index (χ4v) is 2.50. The number of hydrogen-bond acceptors (Lipinski definition) is 6. The average molecular weight is 411 g/mol. The highest BCUT2D eigenvalue weighted by atomic mass is 16.6. The van der Waals surface area contributed by atoms with Crippen LogP contribution in [0.15, 0.2) is 47.6 Å². The number of carbonyl (C=O) groups excluding carboxylic acids is 3. The average Bonchev–Trinajstić information content (AvgIpc) is 2.73. The Labute approximate surface area is 175 Å². The molecule has 0 aliphatic carbocycles. The summed E-state index contributed by atoms with van der Waals surface area (Å²) < 4.78 is 10.2. The standard InChI is InChI=1S/C22H25N3O5/c1-4-5-6-21(27)24-18-10-8-17(9-11-18)22(28)25-23-14-16-7-12-19(30-15(2)26)20(13-16)29-3/h7-14H,4-6H2,1-3H3,(H,24,27)(H,25,28)/b23-14+. The number of esters is 1. The van der Waals surface area contributed by atoms with Crippen molar-refractivity contribution in [3.05, 3.63) is 53.6 Å². The molecule has 30 heavy (non-hydrogen) atoms. The smallest absolute Gasteiger partial charge is 0.308 e. The Morgan fingerprint density at radius 3 is 2.43 bits per heavy atom. The molecule has 0 bridgehead atoms. The Kier molecular flexibility index (Phi) is 8.56. The lowest BCUT2D eigenvalue weighted by Gasteiger charge is -2.08. The monoisotopic (exact) mass is 411 g/mol. The van der Waals surface area contributed by atoms with E-state index < -0.39 is 11.9 Å². The van der Waals surface area contributed by atoms with Crippen LogP contribution in [0.25, 0.3) is 0 Å². The van der Waals surface area contributed by atoms with Crippen LogP contribution in [-0.4, -0.2) is 31.1 Å². The van der Waals surface area contributed by atoms with E-state index in [2.05, 4.69) is 15.8 Å². The number of unbranched alkanes of at least 4 members (excludes halogenated alkanes) is 1. The second-order valence-electron chi connectivity index (χ2n) is 6.43. The summed E-state index contributed by atoms with van der Waals surface area (Å²) in [7, 11) is 1.46. The van der Waals surface area contributed by atoms with Crippen LogP contribution in [0.4, 0.5) is 5.69 Å². The number of ether oxygens (including phenoxy) is 2. The molecule has 0 aliphatic rings. The molecule has 0 radical (unpaired) electrons. The van der Waals surface area contributed by atoms with Crippen LogP contribution >= 0.6 is 0 Å². The molecule has 158 valence electrons. The molecule has 8 heteroatoms. The Balaban J connectivity index is 1.94. The van der Waals surface area contributed by atoms with Crippen LogP contribution in [0.3, 0.4) is 0 Å². The van der Waals surface area contributed by atoms with Crippen molar-refractivity contribution in [3.8, 4) is 11.5 Å². The van der Waals surface area contributed by atoms with Gasteiger partial charge in [0, 0.05) is 24.6 Å². The maximum absolute atomic E-state index is 12.2. The van der Waals surface area contributed by atoms with E-state index in [9.17, 15) is 14.4 Å². The van der Waals surface area contributed by atoms with E-state index in [1.165, 1.54) is 20.2 Å². The van der Waals surface area contributed by atoms with Gasteiger partial charge < -0.3 is 14.8 Å². The number of hydrogen-bond donors (Lipinski definition) is 2. The SMILES string of the molecule is CCCCC(=O)Nc1ccc(C(=O)N/N=C/c2ccc(OC(C)=O)c(OC)c2)cc1. The maximum atomic E-state index is 12.2. The van der Waals surface area contributed by atoms with E-state index in [-0.39, 0.29) is 5.91 Å². The second kappa shape index (κ2) is 11.4. The molecule has 0 fully saturated rings. The molecule has 2 aromatic rings. The van der Waals surface area contributed by atoms with Crippen molar-refractivity contribution in [1.82, 2.24) is 5.43 Å². The minimum Gasteiger partial charge on any atom is -0.493 e. The van der Waals surface area contributed by atoms with Crippen molar-refractivity contribution in [1.29, 1.82) is 0 Å². The van der Waals surface area contributed by atoms with Crippen molar-refractivity contribution in [2.75, 3.05) is 12.4 Å². The van der Waals surface area contributed by atoms with E-state index in [1.807, 2.05) is 6.92 Å². The highest BCUT2D eigenvalue weighted by molar-refractivity contribution is 5.96. The molecular weight excluding hydrogens is 386 g/mol. The first-order valence-corrected chi connectivity index (χ1v) is 9.52. The molecule has 0 saturated heterocycles. The number of hydrazone groups is 1. The first-order valence-electron chi connectivity index (χ1n) is 9.52. The summed E-state index contributed by atoms with van der Waals surface area (Å²) in [6.45, 7) is 3.33. The summed E-state index contributed by atoms with van der Waals surface area (Å²) in [5, 5.41) is 6.72. The summed E-state index contributed by atoms with van der Waals surface area (Å²) in [5.74, 6) is -0.217. The Bertz CT molecular complexity index is 923. The van der Waals surface area contributed by atoms with Crippen molar-refractivity contribution in [3.63, 3.8) is 0 Å². The molecule has 2 rings (SSSR count). The van der Waals surface area contributed by atoms with Crippen molar-refractivity contribution in [2.45, 2.75) is 33.1 Å². The topological polar surface area (TPSA) is 106 Å². The molecule has 0 saturated carbocycles. The summed E-state index contributed by atoms with van der Waals surface area (Å²) in [6.07, 6.45) is 3.71. The molecule has 2 amide bonds. The molecule has 8 nitrogen and oxygen atoms in total. The molecule has 2 aromatic carbocycles. The predicted octanol–water partition coefficient (Wildman–Crippen LogP) is 3.51. The van der Waals surface area contributed by atoms with Gasteiger partial charge in [0.05, 0.1) is 13.3 Å². The second-order valence-corrected chi connectivity index (χ2v) is 6.43. The zero-order valence-corrected chi connectivity index (χ0v) is 17.2. The Morgan fingerprint density at radius 1 is 1.07 bits per heavy atom. The van der Waals surface area contributed by atoms with Gasteiger partial charge in [-0.25, -0.2) is 5.43 Å². The number of rotatable bonds is 9. The first kappa shape index (κ1) is 22.6. The summed E-state index contributed by atoms with van der Waals surface area (Å²) in [5.41, 5.74) is 4.12. The molecule has 0 aromatic heterocycles. The van der Waals surface area contributed by atoms with E-state index in [0.29, 0.717) is 34.7 Å². The highest BCUT2D eigenvalue weighted by Crippen LogP contribution is 2.27. The van der Waals surface area contributed by atoms with Crippen LogP contribution in [0, 0.1) is 0 Å². The Morgan fingerprint density at radius 2 is 1.80 bits per heavy atom. The van der Waals surface area contributed by atoms with Crippen molar-refractivity contribution >= 4 is 29.7 Å². The van der Waals surface area contributed by atoms with E-state index in [0.717, 1.165) is 12.8 Å². The highest BCUT2D eigenvalue weighted by Gasteiger charge is 2.08. The van der Waals surface area contributed by atoms with Crippen LogP contribution in [-0.2, 0) is 9.59 Å². The van der Waals surface area contributed by atoms with Crippen LogP contribution in [0.2, 0.25) is 0 Å². The molecule has 0 aliphatic heterocycles. The van der Waals surface area contributed by atoms with Crippen molar-refractivity contribution in [2.24, 2.45) is 5.10 Å². The third kappa shape index (κ3) is 7.05. The number of methoxy groups -OCH3 is 1. The number of anilines is 1. The first-order chi connectivity index (χ1) is 14.4. The van der Waals surface area contributed by atoms with E-state index >= 15 is 0 Å². The number of nitrogens with zero attached hydrogens (tertiary/aromatic N) is 1. The lowest BCUT2D eigenvalue weighted by molar-refractivity contribution is -0.132. The largest absolute Gasteiger partial charge is 0.493 e. The fraction of sp³-hybridized carbons (Fsp3) is 0.273. The summed E-state index contributed by atoms with van der Waals surface area (Å²) in [6, 6.07) is 11.4. The zero-order chi connectivity index (χ0) is 21.9. The van der Waals surface area contributed by atoms with Gasteiger partial charge in [0.1, 0.15) is 0 Å². The number of carbonyl (C=O) groups is 3. The number of benzene rings is 2. The number of nitrogens with one attached hydrogen (secondary N) is 2. The molecule has 0 unspecified atom stereocenters. The van der Waals surface area contributed by atoms with Crippen LogP contribution in [0.5, 0.6) is 11.5 Å². The van der Waals surface area contributed by atoms with E-state index in [4.69, 9.17) is 9.47 Å². The van der Waals surface area contributed by atoms with Gasteiger partial charge in [-0.3, -0.25) is 14.4 Å². The van der Waals surface area contributed by atoms with Gasteiger partial charge in [-0.2, -0.15) is 5.10 Å². The molecule has 0 atom stereocenters.